The van der Waals surface area contributed by atoms with Crippen molar-refractivity contribution in [1.82, 2.24) is 20.1 Å². The van der Waals surface area contributed by atoms with Gasteiger partial charge in [-0.2, -0.15) is 15.6 Å². The SMILES string of the molecule is C[C@H](NC(c1ccc(-n2cncn2)cc1)C(C)(C)C#N)[C@@H](Cc1ccc(Cl)cc1)c1cccc(C#N)c1. The predicted molar refractivity (Wildman–Crippen MR) is 145 cm³/mol. The molecule has 3 aromatic carbocycles. The van der Waals surface area contributed by atoms with Gasteiger partial charge in [-0.25, -0.2) is 9.67 Å². The Bertz CT molecular complexity index is 1400. The van der Waals surface area contributed by atoms with E-state index in [1.807, 2.05) is 80.6 Å². The Hall–Kier alpha value is -3.97. The van der Waals surface area contributed by atoms with Crippen LogP contribution in [0.2, 0.25) is 5.02 Å². The summed E-state index contributed by atoms with van der Waals surface area (Å²) in [5.41, 5.74) is 4.09. The zero-order valence-corrected chi connectivity index (χ0v) is 21.9. The van der Waals surface area contributed by atoms with Gasteiger partial charge in [0, 0.05) is 17.0 Å². The second-order valence-corrected chi connectivity index (χ2v) is 10.3. The van der Waals surface area contributed by atoms with Gasteiger partial charge in [0.15, 0.2) is 0 Å². The fourth-order valence-electron chi connectivity index (χ4n) is 4.62. The third-order valence-electron chi connectivity index (χ3n) is 6.77. The third kappa shape index (κ3) is 6.24. The Morgan fingerprint density at radius 3 is 2.35 bits per heavy atom. The molecule has 1 unspecified atom stereocenters. The highest BCUT2D eigenvalue weighted by Crippen LogP contribution is 2.36. The van der Waals surface area contributed by atoms with Gasteiger partial charge >= 0.3 is 0 Å². The maximum Gasteiger partial charge on any atom is 0.138 e. The van der Waals surface area contributed by atoms with Gasteiger partial charge < -0.3 is 5.32 Å². The van der Waals surface area contributed by atoms with Crippen LogP contribution in [-0.4, -0.2) is 20.8 Å². The van der Waals surface area contributed by atoms with Gasteiger partial charge in [0.25, 0.3) is 0 Å². The summed E-state index contributed by atoms with van der Waals surface area (Å²) in [5, 5.41) is 28.2. The molecule has 1 N–H and O–H groups in total. The lowest BCUT2D eigenvalue weighted by Gasteiger charge is -2.36. The standard InChI is InChI=1S/C30H29ClN6/c1-21(28(16-22-7-11-26(31)12-8-22)25-6-4-5-23(15-25)17-32)36-29(30(2,3)18-33)24-9-13-27(14-10-24)37-20-34-19-35-37/h4-15,19-21,28-29,36H,16H2,1-3H3/t21-,28+,29?/m0/s1. The molecule has 37 heavy (non-hydrogen) atoms. The van der Waals surface area contributed by atoms with Crippen LogP contribution in [0.3, 0.4) is 0 Å². The number of nitrogens with one attached hydrogen (secondary N) is 1. The molecule has 0 saturated carbocycles. The van der Waals surface area contributed by atoms with Gasteiger partial charge in [-0.1, -0.05) is 48.0 Å². The first-order valence-corrected chi connectivity index (χ1v) is 12.6. The zero-order valence-electron chi connectivity index (χ0n) is 21.1. The Kier molecular flexibility index (Phi) is 8.04. The lowest BCUT2D eigenvalue weighted by molar-refractivity contribution is 0.281. The molecule has 4 rings (SSSR count). The highest BCUT2D eigenvalue weighted by molar-refractivity contribution is 6.30. The Labute approximate surface area is 223 Å². The van der Waals surface area contributed by atoms with Crippen LogP contribution >= 0.6 is 11.6 Å². The minimum absolute atomic E-state index is 0.0164. The molecule has 0 aliphatic rings. The zero-order chi connectivity index (χ0) is 26.4. The second-order valence-electron chi connectivity index (χ2n) is 9.83. The summed E-state index contributed by atoms with van der Waals surface area (Å²) in [7, 11) is 0. The monoisotopic (exact) mass is 508 g/mol. The molecule has 1 aromatic heterocycles. The number of hydrogen-bond acceptors (Lipinski definition) is 5. The van der Waals surface area contributed by atoms with E-state index in [0.717, 1.165) is 28.8 Å². The van der Waals surface area contributed by atoms with Gasteiger partial charge in [-0.15, -0.1) is 0 Å². The number of aromatic nitrogens is 3. The van der Waals surface area contributed by atoms with E-state index < -0.39 is 5.41 Å². The van der Waals surface area contributed by atoms with Crippen molar-refractivity contribution in [2.45, 2.75) is 45.2 Å². The Morgan fingerprint density at radius 1 is 1.00 bits per heavy atom. The Morgan fingerprint density at radius 2 is 1.73 bits per heavy atom. The first-order chi connectivity index (χ1) is 17.8. The van der Waals surface area contributed by atoms with E-state index in [2.05, 4.69) is 40.5 Å². The molecular weight excluding hydrogens is 480 g/mol. The molecule has 0 spiro atoms. The molecule has 1 heterocycles. The van der Waals surface area contributed by atoms with Crippen molar-refractivity contribution in [3.8, 4) is 17.8 Å². The summed E-state index contributed by atoms with van der Waals surface area (Å²) in [6.07, 6.45) is 3.91. The molecule has 6 nitrogen and oxygen atoms in total. The average molecular weight is 509 g/mol. The topological polar surface area (TPSA) is 90.3 Å². The summed E-state index contributed by atoms with van der Waals surface area (Å²) >= 11 is 6.13. The summed E-state index contributed by atoms with van der Waals surface area (Å²) in [6, 6.07) is 28.2. The summed E-state index contributed by atoms with van der Waals surface area (Å²) < 4.78 is 1.70. The van der Waals surface area contributed by atoms with Crippen LogP contribution in [0.1, 0.15) is 55.0 Å². The van der Waals surface area contributed by atoms with E-state index in [1.54, 1.807) is 11.0 Å². The van der Waals surface area contributed by atoms with Crippen molar-refractivity contribution in [3.63, 3.8) is 0 Å². The molecule has 4 aromatic rings. The smallest absolute Gasteiger partial charge is 0.138 e. The predicted octanol–water partition coefficient (Wildman–Crippen LogP) is 6.39. The molecule has 0 saturated heterocycles. The summed E-state index contributed by atoms with van der Waals surface area (Å²) in [4.78, 5) is 4.02. The fraction of sp³-hybridized carbons (Fsp3) is 0.267. The fourth-order valence-corrected chi connectivity index (χ4v) is 4.75. The van der Waals surface area contributed by atoms with Crippen molar-refractivity contribution in [2.75, 3.05) is 0 Å². The van der Waals surface area contributed by atoms with Gasteiger partial charge in [-0.05, 0) is 80.3 Å². The van der Waals surface area contributed by atoms with Crippen LogP contribution in [0.5, 0.6) is 0 Å². The van der Waals surface area contributed by atoms with Crippen LogP contribution in [0.25, 0.3) is 5.69 Å². The molecule has 0 fully saturated rings. The maximum atomic E-state index is 10.1. The quantitative estimate of drug-likeness (QED) is 0.283. The summed E-state index contributed by atoms with van der Waals surface area (Å²) in [5.74, 6) is 0.0564. The van der Waals surface area contributed by atoms with E-state index >= 15 is 0 Å². The minimum atomic E-state index is -0.678. The molecular formula is C30H29ClN6. The normalized spacial score (nSPS) is 13.8. The average Bonchev–Trinajstić information content (AvgIpc) is 3.46. The van der Waals surface area contributed by atoms with E-state index in [0.29, 0.717) is 10.6 Å². The maximum absolute atomic E-state index is 10.1. The van der Waals surface area contributed by atoms with E-state index in [4.69, 9.17) is 11.6 Å². The molecule has 7 heteroatoms. The number of nitriles is 2. The van der Waals surface area contributed by atoms with Crippen LogP contribution in [0, 0.1) is 28.1 Å². The van der Waals surface area contributed by atoms with Gasteiger partial charge in [0.05, 0.1) is 34.8 Å². The van der Waals surface area contributed by atoms with Crippen molar-refractivity contribution in [1.29, 1.82) is 10.5 Å². The number of rotatable bonds is 9. The van der Waals surface area contributed by atoms with Gasteiger partial charge in [0.2, 0.25) is 0 Å². The Balaban J connectivity index is 1.67. The molecule has 186 valence electrons. The third-order valence-corrected chi connectivity index (χ3v) is 7.02. The van der Waals surface area contributed by atoms with E-state index in [-0.39, 0.29) is 18.0 Å². The highest BCUT2D eigenvalue weighted by Gasteiger charge is 2.34. The molecule has 0 aliphatic carbocycles. The van der Waals surface area contributed by atoms with Gasteiger partial charge in [-0.3, -0.25) is 0 Å². The van der Waals surface area contributed by atoms with E-state index in [9.17, 15) is 10.5 Å². The number of nitrogens with zero attached hydrogens (tertiary/aromatic N) is 5. The number of hydrogen-bond donors (Lipinski definition) is 1. The molecule has 3 atom stereocenters. The van der Waals surface area contributed by atoms with Crippen LogP contribution in [0.15, 0.2) is 85.5 Å². The van der Waals surface area contributed by atoms with Crippen LogP contribution < -0.4 is 5.32 Å². The van der Waals surface area contributed by atoms with Crippen molar-refractivity contribution < 1.29 is 0 Å². The van der Waals surface area contributed by atoms with Gasteiger partial charge in [0.1, 0.15) is 12.7 Å². The second kappa shape index (κ2) is 11.4. The molecule has 0 bridgehead atoms. The highest BCUT2D eigenvalue weighted by atomic mass is 35.5. The first-order valence-electron chi connectivity index (χ1n) is 12.2. The minimum Gasteiger partial charge on any atom is -0.305 e. The molecule has 0 radical (unpaired) electrons. The van der Waals surface area contributed by atoms with Crippen LogP contribution in [-0.2, 0) is 6.42 Å². The van der Waals surface area contributed by atoms with Crippen molar-refractivity contribution >= 4 is 11.6 Å². The van der Waals surface area contributed by atoms with Crippen molar-refractivity contribution in [3.05, 3.63) is 113 Å². The lowest BCUT2D eigenvalue weighted by Crippen LogP contribution is -2.42. The number of benzene rings is 3. The van der Waals surface area contributed by atoms with E-state index in [1.165, 1.54) is 6.33 Å². The largest absolute Gasteiger partial charge is 0.305 e. The first kappa shape index (κ1) is 26.1. The van der Waals surface area contributed by atoms with Crippen LogP contribution in [0.4, 0.5) is 0 Å². The summed E-state index contributed by atoms with van der Waals surface area (Å²) in [6.45, 7) is 6.05. The lowest BCUT2D eigenvalue weighted by atomic mass is 9.79. The molecule has 0 aliphatic heterocycles. The van der Waals surface area contributed by atoms with Crippen molar-refractivity contribution in [2.24, 2.45) is 5.41 Å². The molecule has 0 amide bonds. The number of halogens is 1.